The molecule has 0 saturated heterocycles. The van der Waals surface area contributed by atoms with Crippen LogP contribution in [0.3, 0.4) is 0 Å². The van der Waals surface area contributed by atoms with Crippen LogP contribution in [0.15, 0.2) is 54.7 Å². The lowest BCUT2D eigenvalue weighted by Gasteiger charge is -2.57. The molecule has 0 spiro atoms. The van der Waals surface area contributed by atoms with Gasteiger partial charge in [-0.2, -0.15) is 0 Å². The van der Waals surface area contributed by atoms with Crippen LogP contribution in [-0.4, -0.2) is 18.2 Å². The standard InChI is InChI=1S/C27H32O3/c1-3-9-27(25(28)29)10-5-4-6-22(27)21-7-8-24(30-2)23(14-21)26-15-18-11-19(16-26)13-20(12-18)17-26/h3-10,14,18-20,22H,11-13,15-17H2,1-2H3,(H,28,29). The molecular formula is C27H32O3. The van der Waals surface area contributed by atoms with Gasteiger partial charge in [-0.05, 0) is 80.2 Å². The fourth-order valence-electron chi connectivity index (χ4n) is 7.52. The topological polar surface area (TPSA) is 46.5 Å². The Bertz CT molecular complexity index is 902. The number of aliphatic carboxylic acids is 1. The monoisotopic (exact) mass is 404 g/mol. The molecule has 0 aromatic heterocycles. The second-order valence-electron chi connectivity index (χ2n) is 10.1. The van der Waals surface area contributed by atoms with Gasteiger partial charge in [0.25, 0.3) is 0 Å². The second-order valence-corrected chi connectivity index (χ2v) is 10.1. The predicted molar refractivity (Wildman–Crippen MR) is 119 cm³/mol. The third kappa shape index (κ3) is 2.89. The molecule has 158 valence electrons. The number of carboxylic acid groups (broad SMARTS) is 1. The number of carbonyl (C=O) groups is 1. The van der Waals surface area contributed by atoms with Crippen LogP contribution < -0.4 is 4.74 Å². The Labute approximate surface area is 179 Å². The molecule has 6 rings (SSSR count). The van der Waals surface area contributed by atoms with Gasteiger partial charge in [-0.1, -0.05) is 48.6 Å². The van der Waals surface area contributed by atoms with Crippen LogP contribution in [0.1, 0.15) is 62.5 Å². The zero-order valence-electron chi connectivity index (χ0n) is 18.0. The number of methoxy groups -OCH3 is 1. The van der Waals surface area contributed by atoms with E-state index in [1.54, 1.807) is 7.11 Å². The molecule has 3 nitrogen and oxygen atoms in total. The van der Waals surface area contributed by atoms with Gasteiger partial charge in [0.15, 0.2) is 0 Å². The summed E-state index contributed by atoms with van der Waals surface area (Å²) in [6, 6.07) is 6.44. The van der Waals surface area contributed by atoms with Crippen molar-refractivity contribution in [1.82, 2.24) is 0 Å². The van der Waals surface area contributed by atoms with E-state index in [9.17, 15) is 9.90 Å². The number of hydrogen-bond acceptors (Lipinski definition) is 2. The summed E-state index contributed by atoms with van der Waals surface area (Å²) >= 11 is 0. The van der Waals surface area contributed by atoms with Crippen molar-refractivity contribution in [3.63, 3.8) is 0 Å². The Hall–Kier alpha value is -2.29. The Kier molecular flexibility index (Phi) is 4.68. The number of carboxylic acids is 1. The van der Waals surface area contributed by atoms with Crippen LogP contribution in [0.25, 0.3) is 0 Å². The van der Waals surface area contributed by atoms with Gasteiger partial charge in [0.05, 0.1) is 7.11 Å². The molecule has 2 unspecified atom stereocenters. The first-order chi connectivity index (χ1) is 14.5. The minimum absolute atomic E-state index is 0.205. The lowest BCUT2D eigenvalue weighted by Crippen LogP contribution is -2.48. The van der Waals surface area contributed by atoms with Gasteiger partial charge < -0.3 is 9.84 Å². The van der Waals surface area contributed by atoms with Crippen LogP contribution in [0.4, 0.5) is 0 Å². The summed E-state index contributed by atoms with van der Waals surface area (Å²) in [5.41, 5.74) is 1.56. The molecule has 1 aromatic carbocycles. The first kappa shape index (κ1) is 19.7. The summed E-state index contributed by atoms with van der Waals surface area (Å²) in [4.78, 5) is 12.4. The number of benzene rings is 1. The van der Waals surface area contributed by atoms with E-state index in [4.69, 9.17) is 4.74 Å². The average molecular weight is 405 g/mol. The van der Waals surface area contributed by atoms with Gasteiger partial charge in [0, 0.05) is 11.5 Å². The van der Waals surface area contributed by atoms with Crippen LogP contribution in [0, 0.1) is 23.2 Å². The van der Waals surface area contributed by atoms with Gasteiger partial charge in [-0.25, -0.2) is 0 Å². The Morgan fingerprint density at radius 3 is 2.33 bits per heavy atom. The van der Waals surface area contributed by atoms with Gasteiger partial charge >= 0.3 is 5.97 Å². The average Bonchev–Trinajstić information content (AvgIpc) is 2.73. The molecule has 1 aromatic rings. The summed E-state index contributed by atoms with van der Waals surface area (Å²) in [6.45, 7) is 1.89. The first-order valence-electron chi connectivity index (χ1n) is 11.4. The largest absolute Gasteiger partial charge is 0.496 e. The van der Waals surface area contributed by atoms with Crippen molar-refractivity contribution in [3.8, 4) is 5.75 Å². The van der Waals surface area contributed by atoms with Crippen LogP contribution >= 0.6 is 0 Å². The fraction of sp³-hybridized carbons (Fsp3) is 0.519. The van der Waals surface area contributed by atoms with Crippen molar-refractivity contribution in [1.29, 1.82) is 0 Å². The number of ether oxygens (including phenoxy) is 1. The smallest absolute Gasteiger partial charge is 0.318 e. The van der Waals surface area contributed by atoms with E-state index in [-0.39, 0.29) is 11.3 Å². The van der Waals surface area contributed by atoms with Gasteiger partial charge in [0.2, 0.25) is 0 Å². The van der Waals surface area contributed by atoms with Gasteiger partial charge in [0.1, 0.15) is 11.2 Å². The summed E-state index contributed by atoms with van der Waals surface area (Å²) in [5.74, 6) is 2.49. The van der Waals surface area contributed by atoms with Crippen molar-refractivity contribution in [3.05, 3.63) is 65.8 Å². The van der Waals surface area contributed by atoms with Crippen molar-refractivity contribution < 1.29 is 14.6 Å². The molecule has 0 radical (unpaired) electrons. The lowest BCUT2D eigenvalue weighted by molar-refractivity contribution is -0.144. The summed E-state index contributed by atoms with van der Waals surface area (Å²) < 4.78 is 5.86. The summed E-state index contributed by atoms with van der Waals surface area (Å²) in [7, 11) is 1.77. The number of rotatable bonds is 5. The molecule has 4 bridgehead atoms. The van der Waals surface area contributed by atoms with E-state index in [2.05, 4.69) is 18.2 Å². The Balaban J connectivity index is 1.61. The van der Waals surface area contributed by atoms with Gasteiger partial charge in [-0.3, -0.25) is 4.79 Å². The number of allylic oxidation sites excluding steroid dienone is 4. The first-order valence-corrected chi connectivity index (χ1v) is 11.4. The zero-order chi connectivity index (χ0) is 20.9. The molecule has 30 heavy (non-hydrogen) atoms. The molecule has 4 saturated carbocycles. The van der Waals surface area contributed by atoms with Crippen molar-refractivity contribution in [2.45, 2.75) is 56.8 Å². The Morgan fingerprint density at radius 2 is 1.77 bits per heavy atom. The predicted octanol–water partition coefficient (Wildman–Crippen LogP) is 6.02. The van der Waals surface area contributed by atoms with Crippen LogP contribution in [0.5, 0.6) is 5.75 Å². The van der Waals surface area contributed by atoms with E-state index in [0.717, 1.165) is 29.1 Å². The highest BCUT2D eigenvalue weighted by molar-refractivity contribution is 5.82. The van der Waals surface area contributed by atoms with Gasteiger partial charge in [-0.15, -0.1) is 0 Å². The molecule has 2 atom stereocenters. The summed E-state index contributed by atoms with van der Waals surface area (Å²) in [5, 5.41) is 10.2. The SMILES string of the molecule is CC=CC1(C(=O)O)C=CC=CC1c1ccc(OC)c(C23CC4CC(CC(C4)C2)C3)c1. The number of hydrogen-bond donors (Lipinski definition) is 1. The van der Waals surface area contributed by atoms with E-state index in [0.29, 0.717) is 0 Å². The van der Waals surface area contributed by atoms with Crippen molar-refractivity contribution in [2.24, 2.45) is 23.2 Å². The highest BCUT2D eigenvalue weighted by Crippen LogP contribution is 2.62. The maximum Gasteiger partial charge on any atom is 0.318 e. The molecule has 4 fully saturated rings. The molecule has 3 heteroatoms. The quantitative estimate of drug-likeness (QED) is 0.611. The fourth-order valence-corrected chi connectivity index (χ4v) is 7.52. The zero-order valence-corrected chi connectivity index (χ0v) is 18.0. The maximum atomic E-state index is 12.4. The molecular weight excluding hydrogens is 372 g/mol. The third-order valence-corrected chi connectivity index (χ3v) is 8.31. The minimum Gasteiger partial charge on any atom is -0.496 e. The van der Waals surface area contributed by atoms with Crippen molar-refractivity contribution >= 4 is 5.97 Å². The minimum atomic E-state index is -1.04. The van der Waals surface area contributed by atoms with E-state index >= 15 is 0 Å². The summed E-state index contributed by atoms with van der Waals surface area (Å²) in [6.07, 6.45) is 19.4. The van der Waals surface area contributed by atoms with E-state index in [1.165, 1.54) is 44.1 Å². The molecule has 0 heterocycles. The normalized spacial score (nSPS) is 39.0. The molecule has 5 aliphatic rings. The van der Waals surface area contributed by atoms with E-state index < -0.39 is 11.4 Å². The molecule has 0 aliphatic heterocycles. The molecule has 1 N–H and O–H groups in total. The van der Waals surface area contributed by atoms with Crippen LogP contribution in [0.2, 0.25) is 0 Å². The van der Waals surface area contributed by atoms with Crippen LogP contribution in [-0.2, 0) is 10.2 Å². The molecule has 0 amide bonds. The van der Waals surface area contributed by atoms with E-state index in [1.807, 2.05) is 43.4 Å². The Morgan fingerprint density at radius 1 is 1.10 bits per heavy atom. The third-order valence-electron chi connectivity index (χ3n) is 8.31. The second kappa shape index (κ2) is 7.14. The highest BCUT2D eigenvalue weighted by Gasteiger charge is 2.53. The lowest BCUT2D eigenvalue weighted by atomic mass is 9.48. The molecule has 5 aliphatic carbocycles. The maximum absolute atomic E-state index is 12.4. The highest BCUT2D eigenvalue weighted by atomic mass is 16.5. The van der Waals surface area contributed by atoms with Crippen molar-refractivity contribution in [2.75, 3.05) is 7.11 Å².